The van der Waals surface area contributed by atoms with Crippen LogP contribution in [0.4, 0.5) is 0 Å². The van der Waals surface area contributed by atoms with Crippen molar-refractivity contribution in [3.05, 3.63) is 60.9 Å². The maximum absolute atomic E-state index is 12.0. The number of likely N-dealkylation sites (N-methyl/N-ethyl adjacent to an activating group) is 1. The number of benzene rings is 2. The first kappa shape index (κ1) is 16.1. The molecule has 0 saturated heterocycles. The van der Waals surface area contributed by atoms with Crippen molar-refractivity contribution in [2.45, 2.75) is 0 Å². The van der Waals surface area contributed by atoms with E-state index in [0.717, 1.165) is 32.9 Å². The molecule has 1 amide bonds. The molecule has 0 fully saturated rings. The van der Waals surface area contributed by atoms with Crippen LogP contribution in [0.25, 0.3) is 32.9 Å². The van der Waals surface area contributed by atoms with Crippen molar-refractivity contribution in [1.82, 2.24) is 14.9 Å². The Morgan fingerprint density at radius 3 is 2.81 bits per heavy atom. The average molecular weight is 345 g/mol. The molecule has 2 heterocycles. The van der Waals surface area contributed by atoms with Crippen LogP contribution in [0.15, 0.2) is 60.9 Å². The van der Waals surface area contributed by atoms with Crippen molar-refractivity contribution in [1.29, 1.82) is 0 Å². The summed E-state index contributed by atoms with van der Waals surface area (Å²) >= 11 is 0. The summed E-state index contributed by atoms with van der Waals surface area (Å²) < 4.78 is 5.89. The first-order valence-electron chi connectivity index (χ1n) is 8.42. The smallest absolute Gasteiger partial charge is 0.259 e. The summed E-state index contributed by atoms with van der Waals surface area (Å²) in [6.45, 7) is -0.00182. The number of amides is 1. The monoisotopic (exact) mass is 345 g/mol. The minimum absolute atomic E-state index is 0.00182. The van der Waals surface area contributed by atoms with E-state index in [9.17, 15) is 4.79 Å². The number of nitrogens with one attached hydrogen (secondary N) is 1. The van der Waals surface area contributed by atoms with Crippen LogP contribution in [0.2, 0.25) is 0 Å². The highest BCUT2D eigenvalue weighted by Gasteiger charge is 2.14. The van der Waals surface area contributed by atoms with Gasteiger partial charge in [0.2, 0.25) is 0 Å². The zero-order chi connectivity index (χ0) is 18.1. The Balaban J connectivity index is 1.86. The van der Waals surface area contributed by atoms with Gasteiger partial charge < -0.3 is 14.6 Å². The molecule has 0 saturated carbocycles. The van der Waals surface area contributed by atoms with Crippen LogP contribution in [0.3, 0.4) is 0 Å². The Labute approximate surface area is 151 Å². The van der Waals surface area contributed by atoms with Crippen LogP contribution < -0.4 is 4.74 Å². The standard InChI is InChI=1S/C21H19N3O2/c1-24(2)19(25)13-26-18-8-7-14-5-3-4-6-17(14)20(18)16-11-15-9-10-22-21(15)23-12-16/h3-12H,13H2,1-2H3,(H,22,23). The number of hydrogen-bond donors (Lipinski definition) is 1. The summed E-state index contributed by atoms with van der Waals surface area (Å²) in [6.07, 6.45) is 3.71. The normalized spacial score (nSPS) is 11.0. The summed E-state index contributed by atoms with van der Waals surface area (Å²) in [4.78, 5) is 21.1. The summed E-state index contributed by atoms with van der Waals surface area (Å²) in [5.74, 6) is 0.596. The molecule has 5 nitrogen and oxygen atoms in total. The SMILES string of the molecule is CN(C)C(=O)COc1ccc2ccccc2c1-c1cnc2[nH]ccc2c1. The lowest BCUT2D eigenvalue weighted by molar-refractivity contribution is -0.130. The molecule has 0 unspecified atom stereocenters. The van der Waals surface area contributed by atoms with E-state index in [1.54, 1.807) is 14.1 Å². The highest BCUT2D eigenvalue weighted by molar-refractivity contribution is 6.01. The fourth-order valence-electron chi connectivity index (χ4n) is 3.01. The molecule has 0 aliphatic heterocycles. The maximum atomic E-state index is 12.0. The number of nitrogens with zero attached hydrogens (tertiary/aromatic N) is 2. The lowest BCUT2D eigenvalue weighted by atomic mass is 9.98. The van der Waals surface area contributed by atoms with Crippen LogP contribution in [0.5, 0.6) is 5.75 Å². The van der Waals surface area contributed by atoms with Crippen LogP contribution in [0.1, 0.15) is 0 Å². The van der Waals surface area contributed by atoms with Crippen LogP contribution >= 0.6 is 0 Å². The maximum Gasteiger partial charge on any atom is 0.259 e. The predicted octanol–water partition coefficient (Wildman–Crippen LogP) is 3.85. The van der Waals surface area contributed by atoms with Crippen LogP contribution in [0, 0.1) is 0 Å². The van der Waals surface area contributed by atoms with Gasteiger partial charge >= 0.3 is 0 Å². The van der Waals surface area contributed by atoms with Crippen molar-refractivity contribution in [2.24, 2.45) is 0 Å². The van der Waals surface area contributed by atoms with Gasteiger partial charge in [-0.2, -0.15) is 0 Å². The van der Waals surface area contributed by atoms with E-state index < -0.39 is 0 Å². The second-order valence-corrected chi connectivity index (χ2v) is 6.38. The van der Waals surface area contributed by atoms with Gasteiger partial charge in [0.15, 0.2) is 6.61 Å². The zero-order valence-corrected chi connectivity index (χ0v) is 14.7. The molecular formula is C21H19N3O2. The number of pyridine rings is 1. The second kappa shape index (κ2) is 6.52. The van der Waals surface area contributed by atoms with Gasteiger partial charge in [0.05, 0.1) is 0 Å². The first-order chi connectivity index (χ1) is 12.6. The third-order valence-corrected chi connectivity index (χ3v) is 4.43. The van der Waals surface area contributed by atoms with Gasteiger partial charge in [0.25, 0.3) is 5.91 Å². The fraction of sp³-hybridized carbons (Fsp3) is 0.143. The quantitative estimate of drug-likeness (QED) is 0.611. The number of fused-ring (bicyclic) bond motifs is 2. The van der Waals surface area contributed by atoms with Crippen molar-refractivity contribution in [3.8, 4) is 16.9 Å². The lowest BCUT2D eigenvalue weighted by Gasteiger charge is -2.16. The van der Waals surface area contributed by atoms with E-state index in [1.807, 2.05) is 42.7 Å². The molecule has 0 bridgehead atoms. The van der Waals surface area contributed by atoms with Gasteiger partial charge in [-0.3, -0.25) is 4.79 Å². The predicted molar refractivity (Wildman–Crippen MR) is 103 cm³/mol. The molecule has 1 N–H and O–H groups in total. The van der Waals surface area contributed by atoms with E-state index in [1.165, 1.54) is 4.90 Å². The molecule has 4 rings (SSSR count). The Hall–Kier alpha value is -3.34. The molecule has 2 aromatic carbocycles. The molecule has 0 aliphatic carbocycles. The molecule has 0 atom stereocenters. The third kappa shape index (κ3) is 2.88. The Kier molecular flexibility index (Phi) is 4.05. The molecule has 5 heteroatoms. The Bertz CT molecular complexity index is 1100. The minimum atomic E-state index is -0.0803. The second-order valence-electron chi connectivity index (χ2n) is 6.38. The van der Waals surface area contributed by atoms with E-state index in [0.29, 0.717) is 5.75 Å². The van der Waals surface area contributed by atoms with Crippen molar-refractivity contribution in [2.75, 3.05) is 20.7 Å². The number of aromatic amines is 1. The molecule has 130 valence electrons. The largest absolute Gasteiger partial charge is 0.483 e. The van der Waals surface area contributed by atoms with Gasteiger partial charge in [0.1, 0.15) is 11.4 Å². The number of H-pyrrole nitrogens is 1. The van der Waals surface area contributed by atoms with Gasteiger partial charge in [-0.05, 0) is 29.0 Å². The van der Waals surface area contributed by atoms with Gasteiger partial charge in [-0.15, -0.1) is 0 Å². The number of aromatic nitrogens is 2. The topological polar surface area (TPSA) is 58.2 Å². The van der Waals surface area contributed by atoms with E-state index in [4.69, 9.17) is 4.74 Å². The van der Waals surface area contributed by atoms with E-state index in [-0.39, 0.29) is 12.5 Å². The molecule has 26 heavy (non-hydrogen) atoms. The van der Waals surface area contributed by atoms with Gasteiger partial charge in [-0.1, -0.05) is 30.3 Å². The highest BCUT2D eigenvalue weighted by Crippen LogP contribution is 2.37. The molecule has 2 aromatic heterocycles. The van der Waals surface area contributed by atoms with Gasteiger partial charge in [0, 0.05) is 43.0 Å². The van der Waals surface area contributed by atoms with Gasteiger partial charge in [-0.25, -0.2) is 4.98 Å². The average Bonchev–Trinajstić information content (AvgIpc) is 3.13. The fourth-order valence-corrected chi connectivity index (χ4v) is 3.01. The zero-order valence-electron chi connectivity index (χ0n) is 14.7. The Morgan fingerprint density at radius 2 is 1.96 bits per heavy atom. The summed E-state index contributed by atoms with van der Waals surface area (Å²) in [5.41, 5.74) is 2.76. The van der Waals surface area contributed by atoms with Crippen LogP contribution in [-0.4, -0.2) is 41.5 Å². The third-order valence-electron chi connectivity index (χ3n) is 4.43. The van der Waals surface area contributed by atoms with Crippen molar-refractivity contribution in [3.63, 3.8) is 0 Å². The first-order valence-corrected chi connectivity index (χ1v) is 8.42. The number of carbonyl (C=O) groups is 1. The molecule has 0 aliphatic rings. The number of rotatable bonds is 4. The van der Waals surface area contributed by atoms with Crippen LogP contribution in [-0.2, 0) is 4.79 Å². The van der Waals surface area contributed by atoms with Crippen molar-refractivity contribution < 1.29 is 9.53 Å². The van der Waals surface area contributed by atoms with Crippen molar-refractivity contribution >= 4 is 27.7 Å². The number of hydrogen-bond acceptors (Lipinski definition) is 3. The molecule has 0 radical (unpaired) electrons. The summed E-state index contributed by atoms with van der Waals surface area (Å²) in [7, 11) is 3.44. The van der Waals surface area contributed by atoms with E-state index in [2.05, 4.69) is 28.2 Å². The number of ether oxygens (including phenoxy) is 1. The highest BCUT2D eigenvalue weighted by atomic mass is 16.5. The number of carbonyl (C=O) groups excluding carboxylic acids is 1. The summed E-state index contributed by atoms with van der Waals surface area (Å²) in [6, 6.07) is 16.1. The van der Waals surface area contributed by atoms with E-state index >= 15 is 0 Å². The Morgan fingerprint density at radius 1 is 1.12 bits per heavy atom. The minimum Gasteiger partial charge on any atom is -0.483 e. The molecular weight excluding hydrogens is 326 g/mol. The summed E-state index contributed by atoms with van der Waals surface area (Å²) in [5, 5.41) is 3.22. The molecule has 4 aromatic rings. The molecule has 0 spiro atoms. The lowest BCUT2D eigenvalue weighted by Crippen LogP contribution is -2.27.